The lowest BCUT2D eigenvalue weighted by atomic mass is 9.95. The van der Waals surface area contributed by atoms with Crippen LogP contribution in [-0.2, 0) is 6.54 Å². The normalized spacial score (nSPS) is 12.5. The van der Waals surface area contributed by atoms with Gasteiger partial charge in [-0.15, -0.1) is 0 Å². The average molecular weight is 249 g/mol. The zero-order valence-corrected chi connectivity index (χ0v) is 11.4. The van der Waals surface area contributed by atoms with Crippen molar-refractivity contribution in [2.75, 3.05) is 0 Å². The van der Waals surface area contributed by atoms with Crippen molar-refractivity contribution >= 4 is 5.91 Å². The molecule has 1 heterocycles. The van der Waals surface area contributed by atoms with E-state index >= 15 is 0 Å². The number of pyridine rings is 1. The molecule has 1 atom stereocenters. The van der Waals surface area contributed by atoms with Crippen LogP contribution in [0.1, 0.15) is 49.7 Å². The zero-order valence-electron chi connectivity index (χ0n) is 11.4. The number of nitrogens with two attached hydrogens (primary N) is 1. The van der Waals surface area contributed by atoms with Crippen molar-refractivity contribution in [1.82, 2.24) is 10.3 Å². The third-order valence-electron chi connectivity index (χ3n) is 3.41. The van der Waals surface area contributed by atoms with Crippen LogP contribution in [0, 0.1) is 5.92 Å². The van der Waals surface area contributed by atoms with E-state index in [4.69, 9.17) is 5.73 Å². The zero-order chi connectivity index (χ0) is 13.5. The maximum Gasteiger partial charge on any atom is 0.270 e. The molecule has 1 unspecified atom stereocenters. The van der Waals surface area contributed by atoms with Gasteiger partial charge in [0.1, 0.15) is 5.69 Å². The summed E-state index contributed by atoms with van der Waals surface area (Å²) in [6, 6.07) is 3.73. The summed E-state index contributed by atoms with van der Waals surface area (Å²) >= 11 is 0. The lowest BCUT2D eigenvalue weighted by Crippen LogP contribution is -2.38. The molecule has 1 rings (SSSR count). The quantitative estimate of drug-likeness (QED) is 0.811. The predicted molar refractivity (Wildman–Crippen MR) is 73.1 cm³/mol. The number of aromatic nitrogens is 1. The molecule has 0 radical (unpaired) electrons. The SMILES string of the molecule is CCC(CC)C(C)NC(=O)c1ccc(CN)cn1. The molecule has 0 aliphatic rings. The van der Waals surface area contributed by atoms with Gasteiger partial charge in [-0.05, 0) is 24.5 Å². The predicted octanol–water partition coefficient (Wildman–Crippen LogP) is 2.09. The summed E-state index contributed by atoms with van der Waals surface area (Å²) in [5, 5.41) is 3.00. The minimum absolute atomic E-state index is 0.113. The van der Waals surface area contributed by atoms with Gasteiger partial charge in [-0.3, -0.25) is 9.78 Å². The summed E-state index contributed by atoms with van der Waals surface area (Å²) < 4.78 is 0. The van der Waals surface area contributed by atoms with Gasteiger partial charge in [0.25, 0.3) is 5.91 Å². The van der Waals surface area contributed by atoms with Gasteiger partial charge in [0.2, 0.25) is 0 Å². The van der Waals surface area contributed by atoms with Crippen LogP contribution < -0.4 is 11.1 Å². The molecular weight excluding hydrogens is 226 g/mol. The molecule has 1 amide bonds. The first-order valence-corrected chi connectivity index (χ1v) is 6.58. The number of hydrogen-bond donors (Lipinski definition) is 2. The molecule has 100 valence electrons. The Hall–Kier alpha value is -1.42. The van der Waals surface area contributed by atoms with E-state index in [1.807, 2.05) is 13.0 Å². The van der Waals surface area contributed by atoms with Crippen LogP contribution in [0.2, 0.25) is 0 Å². The second kappa shape index (κ2) is 7.11. The summed E-state index contributed by atoms with van der Waals surface area (Å²) in [6.45, 7) is 6.78. The lowest BCUT2D eigenvalue weighted by Gasteiger charge is -2.22. The Balaban J connectivity index is 2.64. The van der Waals surface area contributed by atoms with E-state index < -0.39 is 0 Å². The standard InChI is InChI=1S/C14H23N3O/c1-4-12(5-2)10(3)17-14(18)13-7-6-11(8-15)9-16-13/h6-7,9-10,12H,4-5,8,15H2,1-3H3,(H,17,18). The minimum Gasteiger partial charge on any atom is -0.348 e. The van der Waals surface area contributed by atoms with Crippen molar-refractivity contribution < 1.29 is 4.79 Å². The van der Waals surface area contributed by atoms with E-state index in [2.05, 4.69) is 24.1 Å². The molecular formula is C14H23N3O. The third-order valence-corrected chi connectivity index (χ3v) is 3.41. The van der Waals surface area contributed by atoms with E-state index in [1.165, 1.54) is 0 Å². The van der Waals surface area contributed by atoms with Gasteiger partial charge < -0.3 is 11.1 Å². The number of nitrogens with one attached hydrogen (secondary N) is 1. The first-order valence-electron chi connectivity index (χ1n) is 6.58. The number of rotatable bonds is 6. The monoisotopic (exact) mass is 249 g/mol. The van der Waals surface area contributed by atoms with Crippen molar-refractivity contribution in [2.24, 2.45) is 11.7 Å². The van der Waals surface area contributed by atoms with Crippen molar-refractivity contribution in [2.45, 2.75) is 46.2 Å². The van der Waals surface area contributed by atoms with Gasteiger partial charge in [-0.2, -0.15) is 0 Å². The molecule has 0 saturated heterocycles. The van der Waals surface area contributed by atoms with Crippen LogP contribution in [0.3, 0.4) is 0 Å². The van der Waals surface area contributed by atoms with Crippen LogP contribution in [-0.4, -0.2) is 16.9 Å². The molecule has 1 aromatic heterocycles. The van der Waals surface area contributed by atoms with Gasteiger partial charge in [0, 0.05) is 18.8 Å². The Morgan fingerprint density at radius 1 is 1.39 bits per heavy atom. The first kappa shape index (κ1) is 14.6. The van der Waals surface area contributed by atoms with Crippen molar-refractivity contribution in [1.29, 1.82) is 0 Å². The van der Waals surface area contributed by atoms with Gasteiger partial charge in [-0.25, -0.2) is 0 Å². The molecule has 0 bridgehead atoms. The highest BCUT2D eigenvalue weighted by atomic mass is 16.1. The highest BCUT2D eigenvalue weighted by Crippen LogP contribution is 2.13. The maximum atomic E-state index is 12.0. The molecule has 1 aromatic rings. The summed E-state index contributed by atoms with van der Waals surface area (Å²) in [5.41, 5.74) is 6.87. The Labute approximate surface area is 109 Å². The molecule has 0 fully saturated rings. The van der Waals surface area contributed by atoms with E-state index in [1.54, 1.807) is 12.3 Å². The Morgan fingerprint density at radius 3 is 2.50 bits per heavy atom. The van der Waals surface area contributed by atoms with E-state index in [0.717, 1.165) is 18.4 Å². The van der Waals surface area contributed by atoms with Gasteiger partial charge in [0.05, 0.1) is 0 Å². The van der Waals surface area contributed by atoms with Crippen molar-refractivity contribution in [3.05, 3.63) is 29.6 Å². The summed E-state index contributed by atoms with van der Waals surface area (Å²) in [5.74, 6) is 0.398. The number of amides is 1. The summed E-state index contributed by atoms with van der Waals surface area (Å²) in [7, 11) is 0. The third kappa shape index (κ3) is 3.81. The minimum atomic E-state index is -0.113. The van der Waals surface area contributed by atoms with Crippen LogP contribution in [0.25, 0.3) is 0 Å². The molecule has 0 saturated carbocycles. The fraction of sp³-hybridized carbons (Fsp3) is 0.571. The Kier molecular flexibility index (Phi) is 5.78. The van der Waals surface area contributed by atoms with Gasteiger partial charge >= 0.3 is 0 Å². The smallest absolute Gasteiger partial charge is 0.270 e. The van der Waals surface area contributed by atoms with E-state index in [9.17, 15) is 4.79 Å². The van der Waals surface area contributed by atoms with Crippen LogP contribution in [0.15, 0.2) is 18.3 Å². The molecule has 4 nitrogen and oxygen atoms in total. The van der Waals surface area contributed by atoms with Crippen molar-refractivity contribution in [3.63, 3.8) is 0 Å². The van der Waals surface area contributed by atoms with E-state index in [-0.39, 0.29) is 11.9 Å². The van der Waals surface area contributed by atoms with Crippen LogP contribution in [0.4, 0.5) is 0 Å². The summed E-state index contributed by atoms with van der Waals surface area (Å²) in [4.78, 5) is 16.1. The largest absolute Gasteiger partial charge is 0.348 e. The maximum absolute atomic E-state index is 12.0. The molecule has 18 heavy (non-hydrogen) atoms. The molecule has 4 heteroatoms. The molecule has 0 aliphatic heterocycles. The average Bonchev–Trinajstić information content (AvgIpc) is 2.40. The van der Waals surface area contributed by atoms with Crippen LogP contribution >= 0.6 is 0 Å². The summed E-state index contributed by atoms with van der Waals surface area (Å²) in [6.07, 6.45) is 3.78. The van der Waals surface area contributed by atoms with E-state index in [0.29, 0.717) is 18.2 Å². The fourth-order valence-corrected chi connectivity index (χ4v) is 2.07. The molecule has 0 aliphatic carbocycles. The number of nitrogens with zero attached hydrogens (tertiary/aromatic N) is 1. The second-order valence-electron chi connectivity index (χ2n) is 4.59. The van der Waals surface area contributed by atoms with Crippen LogP contribution in [0.5, 0.6) is 0 Å². The first-order chi connectivity index (χ1) is 8.62. The Morgan fingerprint density at radius 2 is 2.06 bits per heavy atom. The number of carbonyl (C=O) groups excluding carboxylic acids is 1. The van der Waals surface area contributed by atoms with Gasteiger partial charge in [-0.1, -0.05) is 32.8 Å². The lowest BCUT2D eigenvalue weighted by molar-refractivity contribution is 0.0920. The molecule has 0 spiro atoms. The highest BCUT2D eigenvalue weighted by molar-refractivity contribution is 5.92. The van der Waals surface area contributed by atoms with Crippen molar-refractivity contribution in [3.8, 4) is 0 Å². The molecule has 0 aromatic carbocycles. The number of carbonyl (C=O) groups is 1. The highest BCUT2D eigenvalue weighted by Gasteiger charge is 2.17. The topological polar surface area (TPSA) is 68.0 Å². The molecule has 3 N–H and O–H groups in total. The second-order valence-corrected chi connectivity index (χ2v) is 4.59. The van der Waals surface area contributed by atoms with Gasteiger partial charge in [0.15, 0.2) is 0 Å². The number of hydrogen-bond acceptors (Lipinski definition) is 3. The fourth-order valence-electron chi connectivity index (χ4n) is 2.07. The Bertz CT molecular complexity index is 371.